The zero-order valence-electron chi connectivity index (χ0n) is 22.5. The maximum atomic E-state index is 14.1. The molecule has 8 nitrogen and oxygen atoms in total. The van der Waals surface area contributed by atoms with Gasteiger partial charge in [0.25, 0.3) is 0 Å². The fourth-order valence-corrected chi connectivity index (χ4v) is 7.60. The predicted octanol–water partition coefficient (Wildman–Crippen LogP) is 3.19. The monoisotopic (exact) mass is 559 g/mol. The van der Waals surface area contributed by atoms with Crippen molar-refractivity contribution in [2.45, 2.75) is 56.3 Å². The minimum atomic E-state index is -0.748. The zero-order valence-corrected chi connectivity index (χ0v) is 22.5. The molecular weight excluding hydrogens is 528 g/mol. The van der Waals surface area contributed by atoms with Crippen molar-refractivity contribution in [3.05, 3.63) is 76.9 Å². The maximum absolute atomic E-state index is 14.1. The van der Waals surface area contributed by atoms with Crippen LogP contribution in [0.25, 0.3) is 0 Å². The number of nitrogens with one attached hydrogen (secondary N) is 3. The molecule has 2 spiro atoms. The van der Waals surface area contributed by atoms with Crippen LogP contribution in [0, 0.1) is 23.0 Å². The van der Waals surface area contributed by atoms with Crippen LogP contribution in [0.15, 0.2) is 53.5 Å². The molecule has 3 amide bonds. The number of fused-ring (bicyclic) bond motifs is 3. The third kappa shape index (κ3) is 4.27. The molecule has 7 rings (SSSR count). The standard InChI is InChI=1S/C31H31F2N5O3/c32-21-10-19(11-22(33)13-21)25-16-35-31(7-1-2-8-31)29(41)38(25)17-26(39)36-23-6-5-18-14-30(15-20(18)12-23)24-4-3-9-34-27(24)37-28(30)40/h3-6,9-13,24-25,27,35H,1-2,7-8,14-17H2,(H,36,39)(H,37,40)/t24?,25-,27?,30+/m0/s1. The van der Waals surface area contributed by atoms with Crippen LogP contribution in [0.3, 0.4) is 0 Å². The van der Waals surface area contributed by atoms with Crippen molar-refractivity contribution in [2.24, 2.45) is 16.3 Å². The van der Waals surface area contributed by atoms with Crippen LogP contribution < -0.4 is 16.0 Å². The highest BCUT2D eigenvalue weighted by atomic mass is 19.1. The first-order valence-corrected chi connectivity index (χ1v) is 14.2. The Balaban J connectivity index is 1.11. The quantitative estimate of drug-likeness (QED) is 0.536. The van der Waals surface area contributed by atoms with Crippen LogP contribution in [0.5, 0.6) is 0 Å². The first-order chi connectivity index (χ1) is 19.8. The summed E-state index contributed by atoms with van der Waals surface area (Å²) in [6.45, 7) is 0.0482. The van der Waals surface area contributed by atoms with Crippen molar-refractivity contribution >= 4 is 29.6 Å². The van der Waals surface area contributed by atoms with Crippen LogP contribution in [-0.4, -0.2) is 53.6 Å². The lowest BCUT2D eigenvalue weighted by molar-refractivity contribution is -0.147. The number of anilines is 1. The van der Waals surface area contributed by atoms with E-state index >= 15 is 0 Å². The maximum Gasteiger partial charge on any atom is 0.244 e. The van der Waals surface area contributed by atoms with Crippen molar-refractivity contribution in [3.63, 3.8) is 0 Å². The Morgan fingerprint density at radius 1 is 1.05 bits per heavy atom. The van der Waals surface area contributed by atoms with Gasteiger partial charge in [-0.1, -0.05) is 25.0 Å². The number of nitrogens with zero attached hydrogens (tertiary/aromatic N) is 2. The summed E-state index contributed by atoms with van der Waals surface area (Å²) >= 11 is 0. The Hall–Kier alpha value is -3.92. The van der Waals surface area contributed by atoms with Crippen LogP contribution in [0.4, 0.5) is 14.5 Å². The number of allylic oxidation sites excluding steroid dienone is 1. The summed E-state index contributed by atoms with van der Waals surface area (Å²) in [5.41, 5.74) is 1.60. The van der Waals surface area contributed by atoms with E-state index in [1.807, 2.05) is 30.4 Å². The van der Waals surface area contributed by atoms with Gasteiger partial charge in [-0.2, -0.15) is 0 Å². The van der Waals surface area contributed by atoms with E-state index in [2.05, 4.69) is 20.9 Å². The van der Waals surface area contributed by atoms with Gasteiger partial charge in [0, 0.05) is 30.4 Å². The second kappa shape index (κ2) is 9.58. The number of amides is 3. The van der Waals surface area contributed by atoms with Gasteiger partial charge < -0.3 is 20.9 Å². The molecule has 5 aliphatic rings. The number of carbonyl (C=O) groups is 3. The van der Waals surface area contributed by atoms with Gasteiger partial charge in [-0.25, -0.2) is 8.78 Å². The third-order valence-corrected chi connectivity index (χ3v) is 9.58. The summed E-state index contributed by atoms with van der Waals surface area (Å²) in [5, 5.41) is 9.28. The van der Waals surface area contributed by atoms with Crippen LogP contribution in [0.1, 0.15) is 48.4 Å². The highest BCUT2D eigenvalue weighted by Gasteiger charge is 2.57. The molecule has 0 bridgehead atoms. The molecule has 3 fully saturated rings. The molecular formula is C31H31F2N5O3. The van der Waals surface area contributed by atoms with E-state index in [1.165, 1.54) is 17.0 Å². The zero-order chi connectivity index (χ0) is 28.4. The molecule has 10 heteroatoms. The summed E-state index contributed by atoms with van der Waals surface area (Å²) in [6, 6.07) is 8.19. The number of carbonyl (C=O) groups excluding carboxylic acids is 3. The van der Waals surface area contributed by atoms with Gasteiger partial charge in [-0.15, -0.1) is 0 Å². The average molecular weight is 560 g/mol. The van der Waals surface area contributed by atoms with Crippen molar-refractivity contribution in [1.29, 1.82) is 0 Å². The smallest absolute Gasteiger partial charge is 0.244 e. The summed E-state index contributed by atoms with van der Waals surface area (Å²) < 4.78 is 28.2. The van der Waals surface area contributed by atoms with E-state index in [4.69, 9.17) is 0 Å². The summed E-state index contributed by atoms with van der Waals surface area (Å²) in [6.07, 6.45) is 9.67. The fourth-order valence-electron chi connectivity index (χ4n) is 7.60. The number of benzene rings is 2. The Morgan fingerprint density at radius 3 is 2.59 bits per heavy atom. The Bertz CT molecular complexity index is 1500. The topological polar surface area (TPSA) is 103 Å². The van der Waals surface area contributed by atoms with Gasteiger partial charge in [0.15, 0.2) is 0 Å². The number of dihydropyridines is 1. The van der Waals surface area contributed by atoms with E-state index in [0.29, 0.717) is 43.5 Å². The minimum Gasteiger partial charge on any atom is -0.333 e. The number of halogens is 2. The van der Waals surface area contributed by atoms with Crippen molar-refractivity contribution < 1.29 is 23.2 Å². The SMILES string of the molecule is O=C(CN1C(=O)C2(CCCC2)NC[C@H]1c1cc(F)cc(F)c1)Nc1ccc2c(c1)C[C@@]1(C2)C(=O)NC2N=CC=CC21. The van der Waals surface area contributed by atoms with Gasteiger partial charge in [-0.05, 0) is 72.7 Å². The van der Waals surface area contributed by atoms with Crippen molar-refractivity contribution in [1.82, 2.24) is 15.5 Å². The van der Waals surface area contributed by atoms with Gasteiger partial charge in [-0.3, -0.25) is 19.4 Å². The highest BCUT2D eigenvalue weighted by molar-refractivity contribution is 5.97. The Kier molecular flexibility index (Phi) is 6.08. The molecule has 4 atom stereocenters. The second-order valence-corrected chi connectivity index (χ2v) is 12.0. The fraction of sp³-hybridized carbons (Fsp3) is 0.419. The molecule has 2 aromatic rings. The first-order valence-electron chi connectivity index (χ1n) is 14.2. The highest BCUT2D eigenvalue weighted by Crippen LogP contribution is 2.49. The molecule has 2 aliphatic carbocycles. The third-order valence-electron chi connectivity index (χ3n) is 9.58. The van der Waals surface area contributed by atoms with E-state index < -0.39 is 34.5 Å². The minimum absolute atomic E-state index is 0.00382. The lowest BCUT2D eigenvalue weighted by atomic mass is 9.73. The summed E-state index contributed by atoms with van der Waals surface area (Å²) in [7, 11) is 0. The van der Waals surface area contributed by atoms with E-state index in [0.717, 1.165) is 30.0 Å². The van der Waals surface area contributed by atoms with Crippen molar-refractivity contribution in [2.75, 3.05) is 18.4 Å². The molecule has 2 unspecified atom stereocenters. The molecule has 2 aromatic carbocycles. The Labute approximate surface area is 236 Å². The van der Waals surface area contributed by atoms with Gasteiger partial charge in [0.1, 0.15) is 24.3 Å². The number of hydrogen-bond acceptors (Lipinski definition) is 5. The normalized spacial score (nSPS) is 29.2. The number of aliphatic imine (C=N–C) groups is 1. The van der Waals surface area contributed by atoms with Crippen LogP contribution in [-0.2, 0) is 27.2 Å². The van der Waals surface area contributed by atoms with Crippen molar-refractivity contribution in [3.8, 4) is 0 Å². The average Bonchev–Trinajstić information content (AvgIpc) is 3.63. The van der Waals surface area contributed by atoms with Gasteiger partial charge in [0.05, 0.1) is 17.0 Å². The number of piperazine rings is 1. The van der Waals surface area contributed by atoms with Gasteiger partial charge in [0.2, 0.25) is 17.7 Å². The molecule has 0 radical (unpaired) electrons. The largest absolute Gasteiger partial charge is 0.333 e. The lowest BCUT2D eigenvalue weighted by Gasteiger charge is -2.45. The van der Waals surface area contributed by atoms with E-state index in [9.17, 15) is 23.2 Å². The molecule has 0 aromatic heterocycles. The molecule has 1 saturated carbocycles. The molecule has 3 heterocycles. The van der Waals surface area contributed by atoms with Crippen LogP contribution >= 0.6 is 0 Å². The van der Waals surface area contributed by atoms with Crippen LogP contribution in [0.2, 0.25) is 0 Å². The Morgan fingerprint density at radius 2 is 1.80 bits per heavy atom. The molecule has 212 valence electrons. The number of rotatable bonds is 4. The molecule has 3 aliphatic heterocycles. The van der Waals surface area contributed by atoms with Gasteiger partial charge >= 0.3 is 0 Å². The molecule has 3 N–H and O–H groups in total. The summed E-state index contributed by atoms with van der Waals surface area (Å²) in [5.74, 6) is -2.11. The molecule has 41 heavy (non-hydrogen) atoms. The number of hydrogen-bond donors (Lipinski definition) is 3. The van der Waals surface area contributed by atoms with E-state index in [-0.39, 0.29) is 30.4 Å². The predicted molar refractivity (Wildman–Crippen MR) is 148 cm³/mol. The first kappa shape index (κ1) is 26.0. The molecule has 2 saturated heterocycles. The second-order valence-electron chi connectivity index (χ2n) is 12.0. The summed E-state index contributed by atoms with van der Waals surface area (Å²) in [4.78, 5) is 46.1. The van der Waals surface area contributed by atoms with E-state index in [1.54, 1.807) is 6.21 Å². The lowest BCUT2D eigenvalue weighted by Crippen LogP contribution is -2.64.